The van der Waals surface area contributed by atoms with Crippen LogP contribution in [-0.2, 0) is 19.1 Å². The number of hydrogen-bond donors (Lipinski definition) is 0. The Balaban J connectivity index is 3.87. The van der Waals surface area contributed by atoms with E-state index in [0.29, 0.717) is 17.9 Å². The Morgan fingerprint density at radius 3 is 2.29 bits per heavy atom. The highest BCUT2D eigenvalue weighted by atomic mass is 32.2. The van der Waals surface area contributed by atoms with Gasteiger partial charge >= 0.3 is 11.9 Å². The lowest BCUT2D eigenvalue weighted by Gasteiger charge is -2.20. The number of thioether (sulfide) groups is 1. The molecule has 0 aliphatic rings. The summed E-state index contributed by atoms with van der Waals surface area (Å²) in [6, 6.07) is 0. The molecule has 0 aliphatic carbocycles. The van der Waals surface area contributed by atoms with Gasteiger partial charge in [0.25, 0.3) is 0 Å². The zero-order chi connectivity index (χ0) is 13.5. The van der Waals surface area contributed by atoms with Crippen molar-refractivity contribution in [2.24, 2.45) is 0 Å². The van der Waals surface area contributed by atoms with Crippen molar-refractivity contribution in [2.45, 2.75) is 33.3 Å². The van der Waals surface area contributed by atoms with Crippen LogP contribution in [0.5, 0.6) is 0 Å². The summed E-state index contributed by atoms with van der Waals surface area (Å²) in [5, 5.41) is 0. The lowest BCUT2D eigenvalue weighted by Crippen LogP contribution is -2.25. The topological polar surface area (TPSA) is 52.6 Å². The van der Waals surface area contributed by atoms with Gasteiger partial charge in [0.2, 0.25) is 0 Å². The second-order valence-electron chi connectivity index (χ2n) is 4.40. The summed E-state index contributed by atoms with van der Waals surface area (Å²) in [5.74, 6) is -0.119. The molecule has 17 heavy (non-hydrogen) atoms. The molecule has 0 heterocycles. The van der Waals surface area contributed by atoms with Gasteiger partial charge < -0.3 is 9.47 Å². The van der Waals surface area contributed by atoms with Gasteiger partial charge in [-0.05, 0) is 27.7 Å². The van der Waals surface area contributed by atoms with E-state index >= 15 is 0 Å². The van der Waals surface area contributed by atoms with E-state index in [1.807, 2.05) is 0 Å². The van der Waals surface area contributed by atoms with Crippen LogP contribution in [0.4, 0.5) is 0 Å². The van der Waals surface area contributed by atoms with Crippen molar-refractivity contribution in [1.82, 2.24) is 0 Å². The van der Waals surface area contributed by atoms with Gasteiger partial charge in [0.05, 0.1) is 12.4 Å². The molecule has 0 saturated heterocycles. The summed E-state index contributed by atoms with van der Waals surface area (Å²) in [6.07, 6.45) is 0. The van der Waals surface area contributed by atoms with Crippen LogP contribution >= 0.6 is 11.8 Å². The van der Waals surface area contributed by atoms with Crippen LogP contribution in [0.3, 0.4) is 0 Å². The highest BCUT2D eigenvalue weighted by Gasteiger charge is 2.18. The first-order valence-corrected chi connectivity index (χ1v) is 6.56. The first-order chi connectivity index (χ1) is 7.76. The highest BCUT2D eigenvalue weighted by Crippen LogP contribution is 2.13. The fraction of sp³-hybridized carbons (Fsp3) is 0.667. The molecule has 0 aromatic carbocycles. The summed E-state index contributed by atoms with van der Waals surface area (Å²) >= 11 is 1.29. The summed E-state index contributed by atoms with van der Waals surface area (Å²) in [4.78, 5) is 22.5. The van der Waals surface area contributed by atoms with E-state index in [1.54, 1.807) is 27.7 Å². The number of hydrogen-bond acceptors (Lipinski definition) is 5. The van der Waals surface area contributed by atoms with Crippen molar-refractivity contribution in [3.63, 3.8) is 0 Å². The molecule has 0 radical (unpaired) electrons. The van der Waals surface area contributed by atoms with Crippen molar-refractivity contribution >= 4 is 23.7 Å². The molecule has 98 valence electrons. The molecule has 0 amide bonds. The molecule has 0 N–H and O–H groups in total. The van der Waals surface area contributed by atoms with Gasteiger partial charge in [0.1, 0.15) is 5.60 Å². The van der Waals surface area contributed by atoms with Crippen molar-refractivity contribution in [1.29, 1.82) is 0 Å². The minimum atomic E-state index is -0.522. The van der Waals surface area contributed by atoms with Crippen LogP contribution in [0.1, 0.15) is 27.7 Å². The molecular weight excluding hydrogens is 240 g/mol. The van der Waals surface area contributed by atoms with E-state index in [2.05, 4.69) is 6.58 Å². The van der Waals surface area contributed by atoms with Crippen LogP contribution in [0.2, 0.25) is 0 Å². The van der Waals surface area contributed by atoms with Crippen LogP contribution in [0, 0.1) is 0 Å². The average Bonchev–Trinajstić information content (AvgIpc) is 2.15. The van der Waals surface area contributed by atoms with E-state index in [0.717, 1.165) is 0 Å². The van der Waals surface area contributed by atoms with E-state index in [9.17, 15) is 9.59 Å². The van der Waals surface area contributed by atoms with E-state index in [1.165, 1.54) is 11.8 Å². The van der Waals surface area contributed by atoms with E-state index in [4.69, 9.17) is 9.47 Å². The SMILES string of the molecule is C=C(CSCC(=O)OCC)C(=O)OC(C)(C)C. The second-order valence-corrected chi connectivity index (χ2v) is 5.39. The summed E-state index contributed by atoms with van der Waals surface area (Å²) in [6.45, 7) is 11.1. The largest absolute Gasteiger partial charge is 0.465 e. The summed E-state index contributed by atoms with van der Waals surface area (Å²) < 4.78 is 9.90. The van der Waals surface area contributed by atoms with E-state index < -0.39 is 11.6 Å². The smallest absolute Gasteiger partial charge is 0.334 e. The molecule has 0 saturated carbocycles. The zero-order valence-corrected chi connectivity index (χ0v) is 11.7. The monoisotopic (exact) mass is 260 g/mol. The minimum Gasteiger partial charge on any atom is -0.465 e. The van der Waals surface area contributed by atoms with Gasteiger partial charge in [-0.3, -0.25) is 4.79 Å². The molecule has 4 nitrogen and oxygen atoms in total. The van der Waals surface area contributed by atoms with Gasteiger partial charge in [-0.25, -0.2) is 4.79 Å². The summed E-state index contributed by atoms with van der Waals surface area (Å²) in [5.41, 5.74) is -0.166. The Kier molecular flexibility index (Phi) is 6.95. The van der Waals surface area contributed by atoms with Crippen LogP contribution in [0.15, 0.2) is 12.2 Å². The van der Waals surface area contributed by atoms with Gasteiger partial charge in [-0.2, -0.15) is 0 Å². The summed E-state index contributed by atoms with van der Waals surface area (Å²) in [7, 11) is 0. The van der Waals surface area contributed by atoms with Crippen LogP contribution in [0.25, 0.3) is 0 Å². The Morgan fingerprint density at radius 2 is 1.82 bits per heavy atom. The Hall–Kier alpha value is -0.970. The van der Waals surface area contributed by atoms with Gasteiger partial charge in [0, 0.05) is 11.3 Å². The number of carbonyl (C=O) groups is 2. The lowest BCUT2D eigenvalue weighted by molar-refractivity contribution is -0.149. The molecule has 0 spiro atoms. The van der Waals surface area contributed by atoms with Crippen molar-refractivity contribution in [2.75, 3.05) is 18.1 Å². The molecular formula is C12H20O4S. The van der Waals surface area contributed by atoms with Gasteiger partial charge in [0.15, 0.2) is 0 Å². The Morgan fingerprint density at radius 1 is 1.24 bits per heavy atom. The first-order valence-electron chi connectivity index (χ1n) is 5.40. The predicted octanol–water partition coefficient (Wildman–Crippen LogP) is 2.18. The molecule has 5 heteroatoms. The quantitative estimate of drug-likeness (QED) is 0.541. The Bertz CT molecular complexity index is 291. The Labute approximate surface area is 107 Å². The highest BCUT2D eigenvalue weighted by molar-refractivity contribution is 8.00. The van der Waals surface area contributed by atoms with E-state index in [-0.39, 0.29) is 11.7 Å². The predicted molar refractivity (Wildman–Crippen MR) is 68.9 cm³/mol. The second kappa shape index (κ2) is 7.37. The molecule has 0 atom stereocenters. The van der Waals surface area contributed by atoms with Crippen molar-refractivity contribution < 1.29 is 19.1 Å². The fourth-order valence-electron chi connectivity index (χ4n) is 0.869. The van der Waals surface area contributed by atoms with Gasteiger partial charge in [-0.1, -0.05) is 6.58 Å². The van der Waals surface area contributed by atoms with Crippen molar-refractivity contribution in [3.8, 4) is 0 Å². The first kappa shape index (κ1) is 16.0. The van der Waals surface area contributed by atoms with Crippen molar-refractivity contribution in [3.05, 3.63) is 12.2 Å². The third-order valence-electron chi connectivity index (χ3n) is 1.49. The van der Waals surface area contributed by atoms with Crippen LogP contribution in [-0.4, -0.2) is 35.7 Å². The molecule has 0 fully saturated rings. The van der Waals surface area contributed by atoms with Crippen LogP contribution < -0.4 is 0 Å². The molecule has 0 aromatic rings. The number of ether oxygens (including phenoxy) is 2. The molecule has 0 aromatic heterocycles. The molecule has 0 aliphatic heterocycles. The third-order valence-corrected chi connectivity index (χ3v) is 2.48. The lowest BCUT2D eigenvalue weighted by atomic mass is 10.2. The van der Waals surface area contributed by atoms with Gasteiger partial charge in [-0.15, -0.1) is 11.8 Å². The normalized spacial score (nSPS) is 10.8. The number of carbonyl (C=O) groups excluding carboxylic acids is 2. The maximum atomic E-state index is 11.5. The minimum absolute atomic E-state index is 0.218. The third kappa shape index (κ3) is 8.80. The maximum absolute atomic E-state index is 11.5. The molecule has 0 unspecified atom stereocenters. The maximum Gasteiger partial charge on any atom is 0.334 e. The molecule has 0 bridgehead atoms. The fourth-order valence-corrected chi connectivity index (χ4v) is 1.59. The number of esters is 2. The zero-order valence-electron chi connectivity index (χ0n) is 10.9. The standard InChI is InChI=1S/C12H20O4S/c1-6-15-10(13)8-17-7-9(2)11(14)16-12(3,4)5/h2,6-8H2,1,3-5H3. The average molecular weight is 260 g/mol. The number of rotatable bonds is 6. The molecule has 0 rings (SSSR count).